The standard InChI is InChI=1S/C26H25F3N4/c27-26(28,29)20-11-5-3-9-18(20)25-32-23(19-10-4-6-12-21(19)30)15-24(33-25)31-22-14-13-16-7-1-2-8-17(16)22/h1-3,5,7-9,11,14-15,19,21H,4,6,10,12-13,30H2,(H,31,32,33). The van der Waals surface area contributed by atoms with Gasteiger partial charge in [0.1, 0.15) is 5.82 Å². The van der Waals surface area contributed by atoms with E-state index in [-0.39, 0.29) is 23.3 Å². The Morgan fingerprint density at radius 1 is 0.909 bits per heavy atom. The first-order valence-electron chi connectivity index (χ1n) is 11.3. The van der Waals surface area contributed by atoms with Crippen LogP contribution in [0.25, 0.3) is 17.1 Å². The van der Waals surface area contributed by atoms with Crippen LogP contribution in [0.3, 0.4) is 0 Å². The van der Waals surface area contributed by atoms with Crippen molar-refractivity contribution in [3.63, 3.8) is 0 Å². The van der Waals surface area contributed by atoms with Gasteiger partial charge in [0, 0.05) is 34.9 Å². The summed E-state index contributed by atoms with van der Waals surface area (Å²) in [5.74, 6) is 0.532. The van der Waals surface area contributed by atoms with Gasteiger partial charge in [0.05, 0.1) is 11.3 Å². The minimum atomic E-state index is -4.50. The zero-order chi connectivity index (χ0) is 23.0. The number of aromatic nitrogens is 2. The molecule has 0 aliphatic heterocycles. The zero-order valence-electron chi connectivity index (χ0n) is 18.1. The van der Waals surface area contributed by atoms with E-state index in [9.17, 15) is 13.2 Å². The van der Waals surface area contributed by atoms with Gasteiger partial charge >= 0.3 is 6.18 Å². The summed E-state index contributed by atoms with van der Waals surface area (Å²) in [5, 5.41) is 3.35. The van der Waals surface area contributed by atoms with Gasteiger partial charge in [0.25, 0.3) is 0 Å². The minimum Gasteiger partial charge on any atom is -0.340 e. The van der Waals surface area contributed by atoms with Crippen LogP contribution in [-0.2, 0) is 12.6 Å². The van der Waals surface area contributed by atoms with E-state index in [1.807, 2.05) is 24.3 Å². The molecule has 0 amide bonds. The van der Waals surface area contributed by atoms with Gasteiger partial charge in [0.15, 0.2) is 5.82 Å². The summed E-state index contributed by atoms with van der Waals surface area (Å²) < 4.78 is 41.2. The molecule has 0 saturated heterocycles. The number of alkyl halides is 3. The van der Waals surface area contributed by atoms with Crippen molar-refractivity contribution in [3.05, 3.63) is 83.1 Å². The van der Waals surface area contributed by atoms with Crippen LogP contribution in [0.1, 0.15) is 54.0 Å². The van der Waals surface area contributed by atoms with Crippen molar-refractivity contribution < 1.29 is 13.2 Å². The predicted molar refractivity (Wildman–Crippen MR) is 123 cm³/mol. The topological polar surface area (TPSA) is 63.8 Å². The largest absolute Gasteiger partial charge is 0.417 e. The Labute approximate surface area is 190 Å². The Hall–Kier alpha value is -3.19. The van der Waals surface area contributed by atoms with Crippen LogP contribution in [0.2, 0.25) is 0 Å². The average molecular weight is 451 g/mol. The fourth-order valence-electron chi connectivity index (χ4n) is 4.83. The average Bonchev–Trinajstić information content (AvgIpc) is 3.21. The van der Waals surface area contributed by atoms with Crippen LogP contribution in [0.5, 0.6) is 0 Å². The Kier molecular flexibility index (Phi) is 5.66. The molecule has 33 heavy (non-hydrogen) atoms. The molecule has 2 aliphatic carbocycles. The fourth-order valence-corrected chi connectivity index (χ4v) is 4.83. The van der Waals surface area contributed by atoms with Gasteiger partial charge in [-0.15, -0.1) is 0 Å². The van der Waals surface area contributed by atoms with Gasteiger partial charge in [-0.2, -0.15) is 13.2 Å². The van der Waals surface area contributed by atoms with Gasteiger partial charge in [0.2, 0.25) is 0 Å². The smallest absolute Gasteiger partial charge is 0.340 e. The molecule has 1 aromatic heterocycles. The number of rotatable bonds is 4. The lowest BCUT2D eigenvalue weighted by molar-refractivity contribution is -0.137. The second kappa shape index (κ2) is 8.63. The van der Waals surface area contributed by atoms with E-state index in [1.54, 1.807) is 6.07 Å². The van der Waals surface area contributed by atoms with E-state index in [1.165, 1.54) is 17.7 Å². The van der Waals surface area contributed by atoms with Crippen LogP contribution in [-0.4, -0.2) is 16.0 Å². The molecule has 1 heterocycles. The third-order valence-corrected chi connectivity index (χ3v) is 6.52. The number of benzene rings is 2. The van der Waals surface area contributed by atoms with Crippen molar-refractivity contribution in [1.82, 2.24) is 9.97 Å². The van der Waals surface area contributed by atoms with Crippen molar-refractivity contribution in [2.24, 2.45) is 5.73 Å². The van der Waals surface area contributed by atoms with E-state index >= 15 is 0 Å². The molecule has 1 saturated carbocycles. The first kappa shape index (κ1) is 21.6. The van der Waals surface area contributed by atoms with Crippen molar-refractivity contribution in [1.29, 1.82) is 0 Å². The number of allylic oxidation sites excluding steroid dienone is 1. The van der Waals surface area contributed by atoms with E-state index in [4.69, 9.17) is 5.73 Å². The number of nitrogens with zero attached hydrogens (tertiary/aromatic N) is 2. The summed E-state index contributed by atoms with van der Waals surface area (Å²) in [6, 6.07) is 15.3. The predicted octanol–water partition coefficient (Wildman–Crippen LogP) is 6.16. The van der Waals surface area contributed by atoms with Gasteiger partial charge < -0.3 is 11.1 Å². The molecular weight excluding hydrogens is 425 g/mol. The Bertz CT molecular complexity index is 1200. The van der Waals surface area contributed by atoms with Crippen molar-refractivity contribution in [2.75, 3.05) is 5.32 Å². The van der Waals surface area contributed by atoms with E-state index in [0.29, 0.717) is 11.5 Å². The summed E-state index contributed by atoms with van der Waals surface area (Å²) in [4.78, 5) is 9.15. The molecule has 3 aromatic rings. The SMILES string of the molecule is NC1CCCCC1c1cc(NC2=CCc3ccccc32)nc(-c2ccccc2C(F)(F)F)n1. The second-order valence-electron chi connectivity index (χ2n) is 8.70. The highest BCUT2D eigenvalue weighted by Crippen LogP contribution is 2.38. The number of anilines is 1. The van der Waals surface area contributed by atoms with Crippen LogP contribution in [0.4, 0.5) is 19.0 Å². The lowest BCUT2D eigenvalue weighted by Crippen LogP contribution is -2.32. The number of halogens is 3. The summed E-state index contributed by atoms with van der Waals surface area (Å²) in [6.07, 6.45) is 2.20. The van der Waals surface area contributed by atoms with Crippen LogP contribution < -0.4 is 11.1 Å². The maximum Gasteiger partial charge on any atom is 0.417 e. The molecule has 2 aromatic carbocycles. The lowest BCUT2D eigenvalue weighted by atomic mass is 9.83. The number of hydrogen-bond donors (Lipinski definition) is 2. The first-order valence-corrected chi connectivity index (χ1v) is 11.3. The Morgan fingerprint density at radius 3 is 2.42 bits per heavy atom. The van der Waals surface area contributed by atoms with Crippen LogP contribution in [0, 0.1) is 0 Å². The van der Waals surface area contributed by atoms with E-state index in [0.717, 1.165) is 49.4 Å². The number of nitrogens with one attached hydrogen (secondary N) is 1. The third kappa shape index (κ3) is 4.37. The molecule has 0 spiro atoms. The quantitative estimate of drug-likeness (QED) is 0.500. The maximum atomic E-state index is 13.7. The molecule has 2 atom stereocenters. The van der Waals surface area contributed by atoms with Gasteiger partial charge in [-0.05, 0) is 30.9 Å². The number of fused-ring (bicyclic) bond motifs is 1. The third-order valence-electron chi connectivity index (χ3n) is 6.52. The second-order valence-corrected chi connectivity index (χ2v) is 8.70. The summed E-state index contributed by atoms with van der Waals surface area (Å²) in [5.41, 5.74) is 9.50. The van der Waals surface area contributed by atoms with E-state index in [2.05, 4.69) is 27.4 Å². The highest BCUT2D eigenvalue weighted by atomic mass is 19.4. The molecule has 2 unspecified atom stereocenters. The van der Waals surface area contributed by atoms with Gasteiger partial charge in [-0.25, -0.2) is 9.97 Å². The highest BCUT2D eigenvalue weighted by molar-refractivity contribution is 5.81. The van der Waals surface area contributed by atoms with Crippen molar-refractivity contribution >= 4 is 11.5 Å². The van der Waals surface area contributed by atoms with Crippen molar-refractivity contribution in [3.8, 4) is 11.4 Å². The zero-order valence-corrected chi connectivity index (χ0v) is 18.1. The van der Waals surface area contributed by atoms with Gasteiger partial charge in [-0.1, -0.05) is 61.4 Å². The molecular formula is C26H25F3N4. The molecule has 170 valence electrons. The van der Waals surface area contributed by atoms with Crippen LogP contribution in [0.15, 0.2) is 60.7 Å². The minimum absolute atomic E-state index is 0.0102. The summed E-state index contributed by atoms with van der Waals surface area (Å²) in [6.45, 7) is 0. The summed E-state index contributed by atoms with van der Waals surface area (Å²) in [7, 11) is 0. The molecule has 1 fully saturated rings. The Morgan fingerprint density at radius 2 is 1.64 bits per heavy atom. The normalized spacial score (nSPS) is 20.3. The van der Waals surface area contributed by atoms with Gasteiger partial charge in [-0.3, -0.25) is 0 Å². The Balaban J connectivity index is 1.59. The molecule has 0 bridgehead atoms. The van der Waals surface area contributed by atoms with Crippen molar-refractivity contribution in [2.45, 2.75) is 50.2 Å². The van der Waals surface area contributed by atoms with Crippen LogP contribution >= 0.6 is 0 Å². The molecule has 5 rings (SSSR count). The molecule has 4 nitrogen and oxygen atoms in total. The first-order chi connectivity index (χ1) is 15.9. The summed E-state index contributed by atoms with van der Waals surface area (Å²) >= 11 is 0. The number of hydrogen-bond acceptors (Lipinski definition) is 4. The lowest BCUT2D eigenvalue weighted by Gasteiger charge is -2.28. The highest BCUT2D eigenvalue weighted by Gasteiger charge is 2.34. The fraction of sp³-hybridized carbons (Fsp3) is 0.308. The molecule has 0 radical (unpaired) electrons. The molecule has 2 aliphatic rings. The molecule has 3 N–H and O–H groups in total. The molecule has 7 heteroatoms. The van der Waals surface area contributed by atoms with E-state index < -0.39 is 11.7 Å². The monoisotopic (exact) mass is 450 g/mol. The maximum absolute atomic E-state index is 13.7. The number of nitrogens with two attached hydrogens (primary N) is 1.